The van der Waals surface area contributed by atoms with Gasteiger partial charge in [0.2, 0.25) is 5.95 Å². The molecule has 36 heavy (non-hydrogen) atoms. The number of nitrogens with zero attached hydrogens (tertiary/aromatic N) is 3. The van der Waals surface area contributed by atoms with Gasteiger partial charge in [0, 0.05) is 35.7 Å². The van der Waals surface area contributed by atoms with Crippen LogP contribution in [0.25, 0.3) is 0 Å². The third kappa shape index (κ3) is 4.40. The fraction of sp³-hybridized carbons (Fsp3) is 0.231. The highest BCUT2D eigenvalue weighted by molar-refractivity contribution is 6.01. The number of carbonyl (C=O) groups is 1. The molecule has 0 amide bonds. The standard InChI is InChI=1S/C26H24N6O4/c1-26(2)12-18-21(19(33)13-26)20(16-8-10-17(11-9-16)32(35)36)22-23(28-18)29-25(30-24(22)34)31-27-14-15-6-4-3-5-7-15/h3-11,14,20H,12-13H2,1-2H3,(H3,28,29,30,31,34)/b27-14-. The monoisotopic (exact) mass is 484 g/mol. The van der Waals surface area contributed by atoms with E-state index in [2.05, 4.69) is 25.8 Å². The molecule has 0 spiro atoms. The van der Waals surface area contributed by atoms with Gasteiger partial charge in [-0.3, -0.25) is 24.7 Å². The fourth-order valence-corrected chi connectivity index (χ4v) is 4.80. The maximum atomic E-state index is 13.3. The Kier molecular flexibility index (Phi) is 5.71. The highest BCUT2D eigenvalue weighted by Crippen LogP contribution is 2.47. The summed E-state index contributed by atoms with van der Waals surface area (Å²) in [6.45, 7) is 4.03. The normalized spacial score (nSPS) is 18.4. The molecule has 0 fully saturated rings. The van der Waals surface area contributed by atoms with Gasteiger partial charge >= 0.3 is 0 Å². The molecule has 0 bridgehead atoms. The van der Waals surface area contributed by atoms with Crippen molar-refractivity contribution in [2.75, 3.05) is 10.7 Å². The van der Waals surface area contributed by atoms with E-state index < -0.39 is 16.4 Å². The first-order valence-electron chi connectivity index (χ1n) is 11.5. The Balaban J connectivity index is 1.58. The molecule has 3 aromatic rings. The van der Waals surface area contributed by atoms with Gasteiger partial charge in [0.15, 0.2) is 5.78 Å². The highest BCUT2D eigenvalue weighted by Gasteiger charge is 2.42. The Morgan fingerprint density at radius 2 is 1.83 bits per heavy atom. The molecular weight excluding hydrogens is 460 g/mol. The van der Waals surface area contributed by atoms with Crippen molar-refractivity contribution in [2.24, 2.45) is 10.5 Å². The summed E-state index contributed by atoms with van der Waals surface area (Å²) < 4.78 is 0. The Morgan fingerprint density at radius 3 is 2.53 bits per heavy atom. The molecule has 2 aliphatic rings. The number of fused-ring (bicyclic) bond motifs is 1. The Hall–Kier alpha value is -4.60. The van der Waals surface area contributed by atoms with E-state index in [1.807, 2.05) is 44.2 Å². The van der Waals surface area contributed by atoms with Gasteiger partial charge in [-0.25, -0.2) is 5.43 Å². The molecule has 1 aliphatic heterocycles. The third-order valence-electron chi connectivity index (χ3n) is 6.34. The number of nitrogens with one attached hydrogen (secondary N) is 3. The molecule has 1 aromatic heterocycles. The lowest BCUT2D eigenvalue weighted by Crippen LogP contribution is -2.37. The lowest BCUT2D eigenvalue weighted by molar-refractivity contribution is -0.384. The van der Waals surface area contributed by atoms with Crippen LogP contribution in [-0.2, 0) is 4.79 Å². The summed E-state index contributed by atoms with van der Waals surface area (Å²) in [6.07, 6.45) is 2.54. The van der Waals surface area contributed by atoms with Crippen molar-refractivity contribution in [1.82, 2.24) is 9.97 Å². The summed E-state index contributed by atoms with van der Waals surface area (Å²) in [4.78, 5) is 44.5. The van der Waals surface area contributed by atoms with Gasteiger partial charge in [0.05, 0.1) is 16.7 Å². The van der Waals surface area contributed by atoms with E-state index in [-0.39, 0.29) is 28.4 Å². The number of hydrazone groups is 1. The largest absolute Gasteiger partial charge is 0.343 e. The average Bonchev–Trinajstić information content (AvgIpc) is 2.82. The number of hydrogen-bond acceptors (Lipinski definition) is 8. The molecule has 10 nitrogen and oxygen atoms in total. The molecule has 5 rings (SSSR count). The first-order chi connectivity index (χ1) is 17.2. The number of nitro groups is 1. The minimum atomic E-state index is -0.696. The van der Waals surface area contributed by atoms with Crippen molar-refractivity contribution in [3.63, 3.8) is 0 Å². The number of non-ortho nitro benzene ring substituents is 1. The van der Waals surface area contributed by atoms with Crippen LogP contribution in [0.5, 0.6) is 0 Å². The van der Waals surface area contributed by atoms with Crippen LogP contribution in [-0.4, -0.2) is 26.9 Å². The van der Waals surface area contributed by atoms with Gasteiger partial charge in [0.1, 0.15) is 5.82 Å². The molecule has 0 saturated heterocycles. The quantitative estimate of drug-likeness (QED) is 0.278. The van der Waals surface area contributed by atoms with Crippen molar-refractivity contribution in [3.05, 3.63) is 103 Å². The minimum Gasteiger partial charge on any atom is -0.343 e. The number of carbonyl (C=O) groups excluding carboxylic acids is 1. The van der Waals surface area contributed by atoms with Gasteiger partial charge in [-0.1, -0.05) is 56.3 Å². The Labute approximate surface area is 206 Å². The molecule has 10 heteroatoms. The molecule has 1 aliphatic carbocycles. The smallest absolute Gasteiger partial charge is 0.269 e. The number of anilines is 2. The molecule has 2 aromatic carbocycles. The van der Waals surface area contributed by atoms with Crippen LogP contribution >= 0.6 is 0 Å². The number of nitro benzene ring substituents is 1. The summed E-state index contributed by atoms with van der Waals surface area (Å²) in [5.41, 5.74) is 4.99. The second-order valence-corrected chi connectivity index (χ2v) is 9.70. The van der Waals surface area contributed by atoms with Gasteiger partial charge in [0.25, 0.3) is 11.2 Å². The van der Waals surface area contributed by atoms with E-state index >= 15 is 0 Å². The van der Waals surface area contributed by atoms with Crippen LogP contribution in [0.1, 0.15) is 49.3 Å². The number of benzene rings is 2. The van der Waals surface area contributed by atoms with Crippen LogP contribution in [0.2, 0.25) is 0 Å². The maximum Gasteiger partial charge on any atom is 0.269 e. The number of aromatic amines is 1. The zero-order valence-electron chi connectivity index (χ0n) is 19.7. The summed E-state index contributed by atoms with van der Waals surface area (Å²) >= 11 is 0. The average molecular weight is 485 g/mol. The van der Waals surface area contributed by atoms with Crippen LogP contribution in [0.15, 0.2) is 75.8 Å². The number of ketones is 1. The SMILES string of the molecule is CC1(C)CC(=O)C2=C(C1)Nc1nc(N/N=C\c3ccccc3)[nH]c(=O)c1C2c1ccc([N+](=O)[O-])cc1. The van der Waals surface area contributed by atoms with Crippen LogP contribution < -0.4 is 16.3 Å². The first-order valence-corrected chi connectivity index (χ1v) is 11.5. The molecule has 1 unspecified atom stereocenters. The van der Waals surface area contributed by atoms with Crippen molar-refractivity contribution in [3.8, 4) is 0 Å². The summed E-state index contributed by atoms with van der Waals surface area (Å²) in [5, 5.41) is 18.5. The number of allylic oxidation sites excluding steroid dienone is 2. The second kappa shape index (κ2) is 8.88. The molecule has 2 heterocycles. The molecular formula is C26H24N6O4. The van der Waals surface area contributed by atoms with Gasteiger partial charge < -0.3 is 5.32 Å². The molecule has 1 atom stereocenters. The van der Waals surface area contributed by atoms with E-state index in [0.29, 0.717) is 35.5 Å². The molecule has 0 saturated carbocycles. The number of aromatic nitrogens is 2. The van der Waals surface area contributed by atoms with Crippen LogP contribution in [0, 0.1) is 15.5 Å². The first kappa shape index (κ1) is 23.2. The number of Topliss-reactive ketones (excluding diaryl/α,β-unsaturated/α-hetero) is 1. The maximum absolute atomic E-state index is 13.3. The van der Waals surface area contributed by atoms with Crippen LogP contribution in [0.4, 0.5) is 17.5 Å². The minimum absolute atomic E-state index is 0.0585. The predicted molar refractivity (Wildman–Crippen MR) is 136 cm³/mol. The number of H-pyrrole nitrogens is 1. The van der Waals surface area contributed by atoms with Gasteiger partial charge in [-0.05, 0) is 23.0 Å². The lowest BCUT2D eigenvalue weighted by Gasteiger charge is -2.38. The van der Waals surface area contributed by atoms with E-state index in [1.54, 1.807) is 18.3 Å². The summed E-state index contributed by atoms with van der Waals surface area (Å²) in [7, 11) is 0. The van der Waals surface area contributed by atoms with Crippen molar-refractivity contribution >= 4 is 29.5 Å². The number of rotatable bonds is 5. The highest BCUT2D eigenvalue weighted by atomic mass is 16.6. The van der Waals surface area contributed by atoms with Crippen molar-refractivity contribution in [1.29, 1.82) is 0 Å². The Morgan fingerprint density at radius 1 is 1.11 bits per heavy atom. The zero-order chi connectivity index (χ0) is 25.4. The molecule has 182 valence electrons. The van der Waals surface area contributed by atoms with E-state index in [9.17, 15) is 19.7 Å². The fourth-order valence-electron chi connectivity index (χ4n) is 4.80. The zero-order valence-corrected chi connectivity index (χ0v) is 19.7. The van der Waals surface area contributed by atoms with E-state index in [1.165, 1.54) is 12.1 Å². The van der Waals surface area contributed by atoms with Gasteiger partial charge in [-0.2, -0.15) is 10.1 Å². The predicted octanol–water partition coefficient (Wildman–Crippen LogP) is 4.32. The number of hydrogen-bond donors (Lipinski definition) is 3. The van der Waals surface area contributed by atoms with Crippen LogP contribution in [0.3, 0.4) is 0 Å². The second-order valence-electron chi connectivity index (χ2n) is 9.70. The Bertz CT molecular complexity index is 1470. The lowest BCUT2D eigenvalue weighted by atomic mass is 9.69. The van der Waals surface area contributed by atoms with E-state index in [0.717, 1.165) is 5.56 Å². The van der Waals surface area contributed by atoms with E-state index in [4.69, 9.17) is 0 Å². The topological polar surface area (TPSA) is 142 Å². The molecule has 3 N–H and O–H groups in total. The third-order valence-corrected chi connectivity index (χ3v) is 6.34. The van der Waals surface area contributed by atoms with Crippen molar-refractivity contribution in [2.45, 2.75) is 32.6 Å². The van der Waals surface area contributed by atoms with Gasteiger partial charge in [-0.15, -0.1) is 0 Å². The molecule has 0 radical (unpaired) electrons. The summed E-state index contributed by atoms with van der Waals surface area (Å²) in [6, 6.07) is 15.4. The summed E-state index contributed by atoms with van der Waals surface area (Å²) in [5.74, 6) is -0.286. The van der Waals surface area contributed by atoms with Crippen molar-refractivity contribution < 1.29 is 9.72 Å².